The molecule has 0 atom stereocenters. The molecule has 1 amide bonds. The molecule has 6 heteroatoms. The van der Waals surface area contributed by atoms with Crippen LogP contribution in [0.3, 0.4) is 0 Å². The molecule has 1 aliphatic rings. The van der Waals surface area contributed by atoms with Gasteiger partial charge in [0.2, 0.25) is 9.47 Å². The summed E-state index contributed by atoms with van der Waals surface area (Å²) in [6.07, 6.45) is 3.06. The quantitative estimate of drug-likeness (QED) is 0.709. The normalized spacial score (nSPS) is 16.4. The monoisotopic (exact) mass is 243 g/mol. The third-order valence-corrected chi connectivity index (χ3v) is 3.21. The average molecular weight is 244 g/mol. The molecule has 0 unspecified atom stereocenters. The molecule has 2 rings (SSSR count). The summed E-state index contributed by atoms with van der Waals surface area (Å²) in [4.78, 5) is 13.7. The molecule has 80 valence electrons. The Balaban J connectivity index is 2.12. The fraction of sp³-hybridized carbons (Fsp3) is 0.444. The van der Waals surface area contributed by atoms with Crippen molar-refractivity contribution in [2.75, 3.05) is 13.1 Å². The molecular formula is C9H10ClN3OS. The van der Waals surface area contributed by atoms with Gasteiger partial charge in [-0.2, -0.15) is 0 Å². The van der Waals surface area contributed by atoms with Crippen LogP contribution in [0.25, 0.3) is 0 Å². The molecule has 2 heterocycles. The van der Waals surface area contributed by atoms with Crippen molar-refractivity contribution < 1.29 is 4.79 Å². The van der Waals surface area contributed by atoms with Crippen LogP contribution in [0, 0.1) is 0 Å². The lowest BCUT2D eigenvalue weighted by molar-refractivity contribution is 0.0764. The van der Waals surface area contributed by atoms with E-state index in [9.17, 15) is 4.79 Å². The number of hydrogen-bond donors (Lipinski definition) is 0. The van der Waals surface area contributed by atoms with Crippen LogP contribution in [0.5, 0.6) is 0 Å². The van der Waals surface area contributed by atoms with Gasteiger partial charge in [-0.3, -0.25) is 4.79 Å². The van der Waals surface area contributed by atoms with Crippen LogP contribution < -0.4 is 0 Å². The molecule has 1 aliphatic heterocycles. The van der Waals surface area contributed by atoms with Gasteiger partial charge in [0.05, 0.1) is 0 Å². The molecular weight excluding hydrogens is 234 g/mol. The highest BCUT2D eigenvalue weighted by atomic mass is 35.5. The Morgan fingerprint density at radius 1 is 1.60 bits per heavy atom. The van der Waals surface area contributed by atoms with E-state index in [1.54, 1.807) is 4.90 Å². The molecule has 0 bridgehead atoms. The molecule has 15 heavy (non-hydrogen) atoms. The second-order valence-electron chi connectivity index (χ2n) is 3.43. The van der Waals surface area contributed by atoms with Crippen molar-refractivity contribution >= 4 is 28.8 Å². The molecule has 1 aromatic heterocycles. The van der Waals surface area contributed by atoms with Gasteiger partial charge >= 0.3 is 0 Å². The molecule has 0 N–H and O–H groups in total. The van der Waals surface area contributed by atoms with E-state index < -0.39 is 0 Å². The first kappa shape index (κ1) is 10.6. The van der Waals surface area contributed by atoms with E-state index in [4.69, 9.17) is 11.6 Å². The van der Waals surface area contributed by atoms with Crippen LogP contribution in [0.4, 0.5) is 0 Å². The molecule has 0 saturated carbocycles. The minimum absolute atomic E-state index is 0.0770. The predicted molar refractivity (Wildman–Crippen MR) is 59.2 cm³/mol. The van der Waals surface area contributed by atoms with E-state index in [-0.39, 0.29) is 5.91 Å². The standard InChI is InChI=1S/C9H10ClN3OS/c1-6-3-2-4-13(5-6)8(14)7-11-12-9(10)15-7/h3H,2,4-5H2,1H3. The van der Waals surface area contributed by atoms with Crippen molar-refractivity contribution in [3.8, 4) is 0 Å². The predicted octanol–water partition coefficient (Wildman–Crippen LogP) is 1.98. The van der Waals surface area contributed by atoms with Gasteiger partial charge in [0.1, 0.15) is 0 Å². The summed E-state index contributed by atoms with van der Waals surface area (Å²) >= 11 is 6.76. The van der Waals surface area contributed by atoms with Gasteiger partial charge in [-0.05, 0) is 24.9 Å². The van der Waals surface area contributed by atoms with Crippen molar-refractivity contribution in [1.82, 2.24) is 15.1 Å². The molecule has 0 aromatic carbocycles. The van der Waals surface area contributed by atoms with Gasteiger partial charge in [-0.1, -0.05) is 23.0 Å². The zero-order valence-electron chi connectivity index (χ0n) is 8.23. The van der Waals surface area contributed by atoms with Crippen molar-refractivity contribution in [3.63, 3.8) is 0 Å². The molecule has 0 radical (unpaired) electrons. The van der Waals surface area contributed by atoms with Crippen LogP contribution in [0.2, 0.25) is 4.47 Å². The van der Waals surface area contributed by atoms with Gasteiger partial charge in [0.15, 0.2) is 0 Å². The molecule has 4 nitrogen and oxygen atoms in total. The number of rotatable bonds is 1. The summed E-state index contributed by atoms with van der Waals surface area (Å²) in [7, 11) is 0. The number of halogens is 1. The molecule has 0 aliphatic carbocycles. The summed E-state index contributed by atoms with van der Waals surface area (Å²) in [5, 5.41) is 7.74. The van der Waals surface area contributed by atoms with Crippen LogP contribution >= 0.6 is 22.9 Å². The number of amides is 1. The van der Waals surface area contributed by atoms with Crippen molar-refractivity contribution in [2.24, 2.45) is 0 Å². The first-order chi connectivity index (χ1) is 7.16. The van der Waals surface area contributed by atoms with E-state index in [0.717, 1.165) is 24.3 Å². The third kappa shape index (κ3) is 2.35. The Hall–Kier alpha value is -0.940. The van der Waals surface area contributed by atoms with Crippen molar-refractivity contribution in [1.29, 1.82) is 0 Å². The third-order valence-electron chi connectivity index (χ3n) is 2.20. The summed E-state index contributed by atoms with van der Waals surface area (Å²) in [6.45, 7) is 3.44. The fourth-order valence-electron chi connectivity index (χ4n) is 1.51. The Bertz CT molecular complexity index is 415. The zero-order valence-corrected chi connectivity index (χ0v) is 9.81. The van der Waals surface area contributed by atoms with Gasteiger partial charge in [0, 0.05) is 13.1 Å². The number of carbonyl (C=O) groups excluding carboxylic acids is 1. The molecule has 0 fully saturated rings. The zero-order chi connectivity index (χ0) is 10.8. The van der Waals surface area contributed by atoms with Gasteiger partial charge < -0.3 is 4.90 Å². The fourth-order valence-corrected chi connectivity index (χ4v) is 2.31. The smallest absolute Gasteiger partial charge is 0.285 e. The maximum atomic E-state index is 11.9. The van der Waals surface area contributed by atoms with Crippen LogP contribution in [-0.4, -0.2) is 34.1 Å². The second kappa shape index (κ2) is 4.28. The van der Waals surface area contributed by atoms with Gasteiger partial charge in [-0.15, -0.1) is 10.2 Å². The first-order valence-electron chi connectivity index (χ1n) is 4.61. The number of carbonyl (C=O) groups is 1. The number of hydrogen-bond acceptors (Lipinski definition) is 4. The minimum atomic E-state index is -0.0770. The van der Waals surface area contributed by atoms with Crippen LogP contribution in [0.1, 0.15) is 23.1 Å². The van der Waals surface area contributed by atoms with E-state index in [1.807, 2.05) is 6.92 Å². The average Bonchev–Trinajstić information content (AvgIpc) is 2.64. The SMILES string of the molecule is CC1=CCCN(C(=O)c2nnc(Cl)s2)C1. The lowest BCUT2D eigenvalue weighted by Crippen LogP contribution is -2.35. The molecule has 0 spiro atoms. The Morgan fingerprint density at radius 3 is 3.00 bits per heavy atom. The van der Waals surface area contributed by atoms with Crippen molar-refractivity contribution in [3.05, 3.63) is 21.1 Å². The Kier molecular flexibility index (Phi) is 3.02. The minimum Gasteiger partial charge on any atom is -0.332 e. The maximum Gasteiger partial charge on any atom is 0.285 e. The van der Waals surface area contributed by atoms with E-state index in [2.05, 4.69) is 16.3 Å². The van der Waals surface area contributed by atoms with Gasteiger partial charge in [0.25, 0.3) is 5.91 Å². The summed E-state index contributed by atoms with van der Waals surface area (Å²) in [5.41, 5.74) is 1.21. The van der Waals surface area contributed by atoms with E-state index in [1.165, 1.54) is 5.57 Å². The maximum absolute atomic E-state index is 11.9. The second-order valence-corrected chi connectivity index (χ2v) is 4.99. The van der Waals surface area contributed by atoms with Crippen molar-refractivity contribution in [2.45, 2.75) is 13.3 Å². The Morgan fingerprint density at radius 2 is 2.40 bits per heavy atom. The largest absolute Gasteiger partial charge is 0.332 e. The lowest BCUT2D eigenvalue weighted by Gasteiger charge is -2.24. The Labute approximate surface area is 96.6 Å². The van der Waals surface area contributed by atoms with Crippen LogP contribution in [-0.2, 0) is 0 Å². The highest BCUT2D eigenvalue weighted by Crippen LogP contribution is 2.18. The topological polar surface area (TPSA) is 46.1 Å². The van der Waals surface area contributed by atoms with Gasteiger partial charge in [-0.25, -0.2) is 0 Å². The molecule has 0 saturated heterocycles. The lowest BCUT2D eigenvalue weighted by atomic mass is 10.1. The van der Waals surface area contributed by atoms with E-state index in [0.29, 0.717) is 16.0 Å². The van der Waals surface area contributed by atoms with E-state index >= 15 is 0 Å². The molecule has 1 aromatic rings. The highest BCUT2D eigenvalue weighted by molar-refractivity contribution is 7.17. The summed E-state index contributed by atoms with van der Waals surface area (Å²) in [5.74, 6) is -0.0770. The highest BCUT2D eigenvalue weighted by Gasteiger charge is 2.21. The summed E-state index contributed by atoms with van der Waals surface area (Å²) in [6, 6.07) is 0. The van der Waals surface area contributed by atoms with Crippen LogP contribution in [0.15, 0.2) is 11.6 Å². The summed E-state index contributed by atoms with van der Waals surface area (Å²) < 4.78 is 0.308. The first-order valence-corrected chi connectivity index (χ1v) is 5.80. The number of nitrogens with zero attached hydrogens (tertiary/aromatic N) is 3. The number of aromatic nitrogens is 2.